The van der Waals surface area contributed by atoms with E-state index in [1.807, 2.05) is 25.1 Å². The van der Waals surface area contributed by atoms with Crippen LogP contribution in [0.2, 0.25) is 0 Å². The van der Waals surface area contributed by atoms with E-state index in [0.717, 1.165) is 26.1 Å². The Morgan fingerprint density at radius 3 is 2.58 bits per heavy atom. The Bertz CT molecular complexity index is 747. The number of sulfonamides is 1. The van der Waals surface area contributed by atoms with E-state index in [1.165, 1.54) is 5.56 Å². The van der Waals surface area contributed by atoms with Crippen molar-refractivity contribution in [3.63, 3.8) is 0 Å². The quantitative estimate of drug-likeness (QED) is 0.810. The Morgan fingerprint density at radius 2 is 1.92 bits per heavy atom. The van der Waals surface area contributed by atoms with Crippen LogP contribution in [0.4, 0.5) is 0 Å². The molecular weight excluding hydrogens is 320 g/mol. The van der Waals surface area contributed by atoms with Crippen LogP contribution in [0, 0.1) is 6.07 Å². The lowest BCUT2D eigenvalue weighted by Crippen LogP contribution is -2.41. The standard InChI is InChI=1S/C19H23N2O2S/c1-2-21(24(22,23)19-11-7-4-8-12-19)18-13-14-20(16-18)15-17-9-5-3-6-10-17/h3-11,18H,2,13-16H2,1H3. The number of hydrogen-bond donors (Lipinski definition) is 0. The number of nitrogens with zero attached hydrogens (tertiary/aromatic N) is 2. The van der Waals surface area contributed by atoms with Crippen LogP contribution in [0.15, 0.2) is 59.5 Å². The van der Waals surface area contributed by atoms with Gasteiger partial charge in [0.25, 0.3) is 0 Å². The molecule has 5 heteroatoms. The zero-order chi connectivity index (χ0) is 17.0. The fraction of sp³-hybridized carbons (Fsp3) is 0.368. The summed E-state index contributed by atoms with van der Waals surface area (Å²) < 4.78 is 27.4. The molecule has 1 aliphatic rings. The van der Waals surface area contributed by atoms with Crippen molar-refractivity contribution < 1.29 is 8.42 Å². The van der Waals surface area contributed by atoms with E-state index in [2.05, 4.69) is 23.1 Å². The molecule has 1 unspecified atom stereocenters. The molecule has 0 N–H and O–H groups in total. The van der Waals surface area contributed by atoms with Gasteiger partial charge in [-0.2, -0.15) is 4.31 Å². The Hall–Kier alpha value is -1.69. The maximum atomic E-state index is 12.9. The van der Waals surface area contributed by atoms with Crippen molar-refractivity contribution in [1.29, 1.82) is 0 Å². The van der Waals surface area contributed by atoms with Crippen molar-refractivity contribution in [3.05, 3.63) is 66.2 Å². The SMILES string of the molecule is CCN(C1CCN(Cc2ccccc2)C1)S(=O)(=O)c1[c]cccc1. The summed E-state index contributed by atoms with van der Waals surface area (Å²) in [7, 11) is -3.48. The third-order valence-electron chi connectivity index (χ3n) is 4.48. The molecule has 2 aromatic rings. The molecule has 0 aromatic heterocycles. The first-order chi connectivity index (χ1) is 11.6. The van der Waals surface area contributed by atoms with E-state index in [9.17, 15) is 8.42 Å². The van der Waals surface area contributed by atoms with Gasteiger partial charge in [-0.25, -0.2) is 8.42 Å². The number of benzene rings is 2. The highest BCUT2D eigenvalue weighted by molar-refractivity contribution is 7.89. The lowest BCUT2D eigenvalue weighted by molar-refractivity contribution is 0.285. The number of likely N-dealkylation sites (tertiary alicyclic amines) is 1. The first-order valence-corrected chi connectivity index (χ1v) is 9.80. The Morgan fingerprint density at radius 1 is 1.17 bits per heavy atom. The van der Waals surface area contributed by atoms with Gasteiger partial charge in [0.15, 0.2) is 0 Å². The van der Waals surface area contributed by atoms with Crippen LogP contribution in [0.1, 0.15) is 18.9 Å². The normalized spacial score (nSPS) is 19.0. The van der Waals surface area contributed by atoms with Crippen molar-refractivity contribution in [3.8, 4) is 0 Å². The second kappa shape index (κ2) is 7.47. The second-order valence-electron chi connectivity index (χ2n) is 6.10. The third-order valence-corrected chi connectivity index (χ3v) is 6.47. The van der Waals surface area contributed by atoms with Crippen LogP contribution in [-0.2, 0) is 16.6 Å². The fourth-order valence-electron chi connectivity index (χ4n) is 3.32. The highest BCUT2D eigenvalue weighted by Crippen LogP contribution is 2.24. The minimum absolute atomic E-state index is 0.0253. The third kappa shape index (κ3) is 3.69. The molecular formula is C19H23N2O2S. The molecule has 0 amide bonds. The van der Waals surface area contributed by atoms with Crippen LogP contribution in [-0.4, -0.2) is 43.3 Å². The van der Waals surface area contributed by atoms with Gasteiger partial charge in [-0.05, 0) is 18.1 Å². The lowest BCUT2D eigenvalue weighted by atomic mass is 10.2. The first kappa shape index (κ1) is 17.1. The largest absolute Gasteiger partial charge is 0.297 e. The smallest absolute Gasteiger partial charge is 0.243 e. The minimum Gasteiger partial charge on any atom is -0.297 e. The summed E-state index contributed by atoms with van der Waals surface area (Å²) in [5.74, 6) is 0. The van der Waals surface area contributed by atoms with Crippen LogP contribution in [0.5, 0.6) is 0 Å². The highest BCUT2D eigenvalue weighted by Gasteiger charge is 2.34. The van der Waals surface area contributed by atoms with Crippen molar-refractivity contribution in [2.75, 3.05) is 19.6 Å². The maximum Gasteiger partial charge on any atom is 0.243 e. The molecule has 4 nitrogen and oxygen atoms in total. The van der Waals surface area contributed by atoms with Crippen molar-refractivity contribution >= 4 is 10.0 Å². The summed E-state index contributed by atoms with van der Waals surface area (Å²) in [6.07, 6.45) is 0.868. The van der Waals surface area contributed by atoms with Crippen molar-refractivity contribution in [1.82, 2.24) is 9.21 Å². The molecule has 1 heterocycles. The second-order valence-corrected chi connectivity index (χ2v) is 7.96. The minimum atomic E-state index is -3.48. The summed E-state index contributed by atoms with van der Waals surface area (Å²) in [5.41, 5.74) is 1.26. The summed E-state index contributed by atoms with van der Waals surface area (Å²) >= 11 is 0. The topological polar surface area (TPSA) is 40.6 Å². The van der Waals surface area contributed by atoms with E-state index < -0.39 is 10.0 Å². The molecule has 1 aliphatic heterocycles. The molecule has 1 saturated heterocycles. The van der Waals surface area contributed by atoms with Crippen LogP contribution in [0.3, 0.4) is 0 Å². The summed E-state index contributed by atoms with van der Waals surface area (Å²) in [4.78, 5) is 2.58. The van der Waals surface area contributed by atoms with Gasteiger partial charge in [0.1, 0.15) is 0 Å². The fourth-order valence-corrected chi connectivity index (χ4v) is 4.95. The number of rotatable bonds is 6. The summed E-state index contributed by atoms with van der Waals surface area (Å²) in [6, 6.07) is 20.0. The van der Waals surface area contributed by atoms with Crippen molar-refractivity contribution in [2.45, 2.75) is 30.8 Å². The molecule has 2 aromatic carbocycles. The Kier molecular flexibility index (Phi) is 5.33. The average molecular weight is 343 g/mol. The van der Waals surface area contributed by atoms with Gasteiger partial charge in [-0.15, -0.1) is 0 Å². The Labute approximate surface area is 144 Å². The van der Waals surface area contributed by atoms with Gasteiger partial charge < -0.3 is 0 Å². The maximum absolute atomic E-state index is 12.9. The van der Waals surface area contributed by atoms with E-state index in [1.54, 1.807) is 28.6 Å². The average Bonchev–Trinajstić information content (AvgIpc) is 3.05. The highest BCUT2D eigenvalue weighted by atomic mass is 32.2. The Balaban J connectivity index is 1.71. The molecule has 127 valence electrons. The monoisotopic (exact) mass is 343 g/mol. The van der Waals surface area contributed by atoms with E-state index >= 15 is 0 Å². The zero-order valence-electron chi connectivity index (χ0n) is 13.9. The zero-order valence-corrected chi connectivity index (χ0v) is 14.7. The van der Waals surface area contributed by atoms with Crippen molar-refractivity contribution in [2.24, 2.45) is 0 Å². The van der Waals surface area contributed by atoms with Crippen LogP contribution < -0.4 is 0 Å². The van der Waals surface area contributed by atoms with E-state index in [4.69, 9.17) is 0 Å². The number of likely N-dealkylation sites (N-methyl/N-ethyl adjacent to an activating group) is 1. The van der Waals surface area contributed by atoms with Gasteiger partial charge in [0.2, 0.25) is 10.0 Å². The van der Waals surface area contributed by atoms with E-state index in [-0.39, 0.29) is 10.9 Å². The van der Waals surface area contributed by atoms with Crippen LogP contribution in [0.25, 0.3) is 0 Å². The molecule has 3 rings (SSSR count). The van der Waals surface area contributed by atoms with Gasteiger partial charge in [-0.3, -0.25) is 4.90 Å². The molecule has 1 radical (unpaired) electrons. The summed E-state index contributed by atoms with van der Waals surface area (Å²) in [5, 5.41) is 0. The number of hydrogen-bond acceptors (Lipinski definition) is 3. The van der Waals surface area contributed by atoms with Gasteiger partial charge >= 0.3 is 0 Å². The molecule has 0 aliphatic carbocycles. The molecule has 24 heavy (non-hydrogen) atoms. The van der Waals surface area contributed by atoms with E-state index in [0.29, 0.717) is 6.54 Å². The van der Waals surface area contributed by atoms with Gasteiger partial charge in [0.05, 0.1) is 4.90 Å². The molecule has 0 saturated carbocycles. The first-order valence-electron chi connectivity index (χ1n) is 8.36. The molecule has 0 spiro atoms. The van der Waals surface area contributed by atoms with Gasteiger partial charge in [0, 0.05) is 38.3 Å². The molecule has 1 fully saturated rings. The van der Waals surface area contributed by atoms with Crippen LogP contribution >= 0.6 is 0 Å². The molecule has 1 atom stereocenters. The predicted octanol–water partition coefficient (Wildman–Crippen LogP) is 2.77. The predicted molar refractivity (Wildman–Crippen MR) is 95.0 cm³/mol. The lowest BCUT2D eigenvalue weighted by Gasteiger charge is -2.27. The molecule has 0 bridgehead atoms. The summed E-state index contributed by atoms with van der Waals surface area (Å²) in [6.45, 7) is 4.94. The van der Waals surface area contributed by atoms with Gasteiger partial charge in [-0.1, -0.05) is 55.5 Å².